The molecule has 1 fully saturated rings. The van der Waals surface area contributed by atoms with Crippen LogP contribution in [0.15, 0.2) is 29.1 Å². The molecule has 7 heteroatoms. The van der Waals surface area contributed by atoms with Crippen molar-refractivity contribution in [1.29, 1.82) is 0 Å². The Morgan fingerprint density at radius 1 is 1.21 bits per heavy atom. The summed E-state index contributed by atoms with van der Waals surface area (Å²) in [6.45, 7) is 2.34. The van der Waals surface area contributed by atoms with Crippen LogP contribution >= 0.6 is 0 Å². The Morgan fingerprint density at radius 2 is 1.96 bits per heavy atom. The fourth-order valence-electron chi connectivity index (χ4n) is 4.42. The highest BCUT2D eigenvalue weighted by atomic mass is 16.5. The number of hydrogen-bond donors (Lipinski definition) is 1. The van der Waals surface area contributed by atoms with Gasteiger partial charge in [0.1, 0.15) is 12.4 Å². The molecule has 1 N–H and O–H groups in total. The average molecular weight is 383 g/mol. The first-order valence-corrected chi connectivity index (χ1v) is 9.58. The van der Waals surface area contributed by atoms with E-state index in [4.69, 9.17) is 9.47 Å². The molecule has 0 radical (unpaired) electrons. The molecule has 2 aliphatic carbocycles. The molecule has 0 saturated heterocycles. The van der Waals surface area contributed by atoms with Gasteiger partial charge in [-0.3, -0.25) is 14.2 Å². The number of allylic oxidation sites excluding steroid dienone is 2. The smallest absolute Gasteiger partial charge is 0.262 e. The molecule has 4 rings (SSSR count). The number of amides is 1. The highest BCUT2D eigenvalue weighted by Gasteiger charge is 2.35. The van der Waals surface area contributed by atoms with Crippen molar-refractivity contribution in [2.45, 2.75) is 26.3 Å². The van der Waals surface area contributed by atoms with Crippen LogP contribution in [0.25, 0.3) is 10.9 Å². The molecule has 2 aliphatic rings. The molecule has 0 spiro atoms. The fraction of sp³-hybridized carbons (Fsp3) is 0.476. The van der Waals surface area contributed by atoms with Crippen molar-refractivity contribution in [3.05, 3.63) is 40.5 Å². The number of aryl methyl sites for hydroxylation is 1. The first kappa shape index (κ1) is 18.5. The molecular weight excluding hydrogens is 358 g/mol. The van der Waals surface area contributed by atoms with E-state index in [0.717, 1.165) is 6.42 Å². The van der Waals surface area contributed by atoms with Crippen LogP contribution < -0.4 is 20.3 Å². The summed E-state index contributed by atoms with van der Waals surface area (Å²) in [6.07, 6.45) is 6.91. The Labute approximate surface area is 163 Å². The molecule has 28 heavy (non-hydrogen) atoms. The van der Waals surface area contributed by atoms with Crippen molar-refractivity contribution < 1.29 is 14.3 Å². The SMILES string of the molecule is COc1cc2nc(C)n(CC(=O)NC[C@@H]3C[C@@H]4C=C[C@H]3C4)c(=O)c2cc1OC. The van der Waals surface area contributed by atoms with Crippen LogP contribution in [0.2, 0.25) is 0 Å². The molecule has 2 aromatic rings. The van der Waals surface area contributed by atoms with Crippen LogP contribution in [-0.2, 0) is 11.3 Å². The van der Waals surface area contributed by atoms with Crippen molar-refractivity contribution in [1.82, 2.24) is 14.9 Å². The molecule has 1 amide bonds. The Bertz CT molecular complexity index is 1010. The molecule has 3 atom stereocenters. The lowest BCUT2D eigenvalue weighted by Crippen LogP contribution is -2.37. The minimum absolute atomic E-state index is 0.0430. The number of aromatic nitrogens is 2. The molecule has 0 aliphatic heterocycles. The number of benzene rings is 1. The predicted octanol–water partition coefficient (Wildman–Crippen LogP) is 2.05. The van der Waals surface area contributed by atoms with E-state index in [9.17, 15) is 9.59 Å². The zero-order chi connectivity index (χ0) is 19.8. The molecule has 148 valence electrons. The van der Waals surface area contributed by atoms with Crippen molar-refractivity contribution in [3.8, 4) is 11.5 Å². The third-order valence-corrected chi connectivity index (χ3v) is 5.93. The monoisotopic (exact) mass is 383 g/mol. The molecule has 2 bridgehead atoms. The number of nitrogens with one attached hydrogen (secondary N) is 1. The van der Waals surface area contributed by atoms with Crippen LogP contribution in [-0.4, -0.2) is 36.2 Å². The molecule has 7 nitrogen and oxygen atoms in total. The van der Waals surface area contributed by atoms with Crippen molar-refractivity contribution >= 4 is 16.8 Å². The summed E-state index contributed by atoms with van der Waals surface area (Å²) >= 11 is 0. The van der Waals surface area contributed by atoms with Gasteiger partial charge in [-0.1, -0.05) is 12.2 Å². The Morgan fingerprint density at radius 3 is 2.61 bits per heavy atom. The lowest BCUT2D eigenvalue weighted by Gasteiger charge is -2.19. The highest BCUT2D eigenvalue weighted by molar-refractivity contribution is 5.82. The summed E-state index contributed by atoms with van der Waals surface area (Å²) in [7, 11) is 3.05. The van der Waals surface area contributed by atoms with Gasteiger partial charge in [-0.25, -0.2) is 4.98 Å². The van der Waals surface area contributed by atoms with E-state index in [1.807, 2.05) is 0 Å². The van der Waals surface area contributed by atoms with Crippen LogP contribution in [0.5, 0.6) is 11.5 Å². The fourth-order valence-corrected chi connectivity index (χ4v) is 4.42. The Balaban J connectivity index is 1.53. The van der Waals surface area contributed by atoms with Gasteiger partial charge in [0.2, 0.25) is 5.91 Å². The van der Waals surface area contributed by atoms with Gasteiger partial charge >= 0.3 is 0 Å². The molecular formula is C21H25N3O4. The van der Waals surface area contributed by atoms with Crippen molar-refractivity contribution in [2.24, 2.45) is 17.8 Å². The second-order valence-electron chi connectivity index (χ2n) is 7.62. The number of fused-ring (bicyclic) bond motifs is 3. The van der Waals surface area contributed by atoms with Gasteiger partial charge in [-0.05, 0) is 43.6 Å². The third-order valence-electron chi connectivity index (χ3n) is 5.93. The summed E-state index contributed by atoms with van der Waals surface area (Å²) in [5, 5.41) is 3.39. The van der Waals surface area contributed by atoms with Gasteiger partial charge in [0.05, 0.1) is 25.1 Å². The van der Waals surface area contributed by atoms with Gasteiger partial charge in [-0.2, -0.15) is 0 Å². The van der Waals surface area contributed by atoms with Gasteiger partial charge in [-0.15, -0.1) is 0 Å². The molecule has 1 heterocycles. The summed E-state index contributed by atoms with van der Waals surface area (Å²) in [5.74, 6) is 3.05. The minimum atomic E-state index is -0.263. The number of methoxy groups -OCH3 is 2. The number of carbonyl (C=O) groups is 1. The van der Waals surface area contributed by atoms with Crippen LogP contribution in [0.1, 0.15) is 18.7 Å². The lowest BCUT2D eigenvalue weighted by atomic mass is 9.94. The van der Waals surface area contributed by atoms with E-state index in [2.05, 4.69) is 22.5 Å². The number of rotatable bonds is 6. The molecule has 1 aromatic carbocycles. The van der Waals surface area contributed by atoms with Crippen LogP contribution in [0.4, 0.5) is 0 Å². The maximum atomic E-state index is 13.0. The minimum Gasteiger partial charge on any atom is -0.493 e. The van der Waals surface area contributed by atoms with E-state index in [-0.39, 0.29) is 18.0 Å². The number of nitrogens with zero attached hydrogens (tertiary/aromatic N) is 2. The van der Waals surface area contributed by atoms with Crippen LogP contribution in [0, 0.1) is 24.7 Å². The summed E-state index contributed by atoms with van der Waals surface area (Å²) in [4.78, 5) is 29.9. The highest BCUT2D eigenvalue weighted by Crippen LogP contribution is 2.42. The first-order valence-electron chi connectivity index (χ1n) is 9.58. The van der Waals surface area contributed by atoms with Gasteiger partial charge in [0.15, 0.2) is 11.5 Å². The molecule has 0 unspecified atom stereocenters. The largest absolute Gasteiger partial charge is 0.493 e. The van der Waals surface area contributed by atoms with Crippen molar-refractivity contribution in [3.63, 3.8) is 0 Å². The summed E-state index contributed by atoms with van der Waals surface area (Å²) < 4.78 is 12.0. The maximum Gasteiger partial charge on any atom is 0.262 e. The van der Waals surface area contributed by atoms with E-state index < -0.39 is 0 Å². The first-order chi connectivity index (χ1) is 13.5. The van der Waals surface area contributed by atoms with Gasteiger partial charge in [0, 0.05) is 12.6 Å². The quantitative estimate of drug-likeness (QED) is 0.772. The summed E-state index contributed by atoms with van der Waals surface area (Å²) in [6, 6.07) is 3.29. The number of hydrogen-bond acceptors (Lipinski definition) is 5. The summed E-state index contributed by atoms with van der Waals surface area (Å²) in [5.41, 5.74) is 0.257. The molecule has 1 saturated carbocycles. The van der Waals surface area contributed by atoms with E-state index in [1.54, 1.807) is 19.1 Å². The lowest BCUT2D eigenvalue weighted by molar-refractivity contribution is -0.122. The zero-order valence-electron chi connectivity index (χ0n) is 16.4. The second-order valence-corrected chi connectivity index (χ2v) is 7.62. The average Bonchev–Trinajstić information content (AvgIpc) is 3.32. The maximum absolute atomic E-state index is 13.0. The zero-order valence-corrected chi connectivity index (χ0v) is 16.4. The number of ether oxygens (including phenoxy) is 2. The number of carbonyl (C=O) groups excluding carboxylic acids is 1. The van der Waals surface area contributed by atoms with E-state index in [0.29, 0.717) is 52.5 Å². The van der Waals surface area contributed by atoms with E-state index in [1.165, 1.54) is 25.2 Å². The molecule has 1 aromatic heterocycles. The van der Waals surface area contributed by atoms with Crippen LogP contribution in [0.3, 0.4) is 0 Å². The van der Waals surface area contributed by atoms with Gasteiger partial charge < -0.3 is 14.8 Å². The Hall–Kier alpha value is -2.83. The second kappa shape index (κ2) is 7.30. The standard InChI is InChI=1S/C21H25N3O4/c1-12-23-17-9-19(28-3)18(27-2)8-16(17)21(26)24(12)11-20(25)22-10-15-7-13-4-5-14(15)6-13/h4-5,8-9,13-15H,6-7,10-11H2,1-3H3,(H,22,25)/t13-,14+,15+/m1/s1. The normalized spacial score (nSPS) is 22.6. The third kappa shape index (κ3) is 3.25. The van der Waals surface area contributed by atoms with E-state index >= 15 is 0 Å². The van der Waals surface area contributed by atoms with Gasteiger partial charge in [0.25, 0.3) is 5.56 Å². The van der Waals surface area contributed by atoms with Crippen molar-refractivity contribution in [2.75, 3.05) is 20.8 Å². The predicted molar refractivity (Wildman–Crippen MR) is 106 cm³/mol. The Kier molecular flexibility index (Phi) is 4.83. The topological polar surface area (TPSA) is 82.5 Å².